The second kappa shape index (κ2) is 15.6. The van der Waals surface area contributed by atoms with Gasteiger partial charge in [-0.1, -0.05) is 0 Å². The predicted octanol–water partition coefficient (Wildman–Crippen LogP) is -7.65. The van der Waals surface area contributed by atoms with Crippen LogP contribution in [0.3, 0.4) is 0 Å². The van der Waals surface area contributed by atoms with Crippen molar-refractivity contribution in [2.24, 2.45) is 0 Å². The van der Waals surface area contributed by atoms with Gasteiger partial charge in [-0.15, -0.1) is 0 Å². The molecule has 0 atom stereocenters. The molecule has 0 amide bonds. The molecule has 1 heterocycles. The summed E-state index contributed by atoms with van der Waals surface area (Å²) >= 11 is 0.0324. The van der Waals surface area contributed by atoms with Gasteiger partial charge in [-0.05, 0) is 12.8 Å². The molecule has 0 aromatic rings. The van der Waals surface area contributed by atoms with Crippen molar-refractivity contribution in [1.82, 2.24) is 0 Å². The molecule has 0 unspecified atom stereocenters. The summed E-state index contributed by atoms with van der Waals surface area (Å²) in [4.78, 5) is 0. The number of hydrogen-bond acceptors (Lipinski definition) is 1. The molecule has 6 heteroatoms. The second-order valence-electron chi connectivity index (χ2n) is 4.98. The second-order valence-corrected chi connectivity index (χ2v) is 7.26. The van der Waals surface area contributed by atoms with E-state index in [0.717, 1.165) is 13.2 Å². The van der Waals surface area contributed by atoms with Crippen molar-refractivity contribution in [3.63, 3.8) is 0 Å². The number of hydrogen-bond donors (Lipinski definition) is 0. The zero-order valence-corrected chi connectivity index (χ0v) is 17.4. The zero-order valence-electron chi connectivity index (χ0n) is 13.6. The van der Waals surface area contributed by atoms with Crippen molar-refractivity contribution in [3.05, 3.63) is 43.2 Å². The van der Waals surface area contributed by atoms with Crippen molar-refractivity contribution in [3.8, 4) is 0 Å². The van der Waals surface area contributed by atoms with Gasteiger partial charge in [0.15, 0.2) is 0 Å². The Morgan fingerprint density at radius 2 is 1.23 bits per heavy atom. The van der Waals surface area contributed by atoms with Crippen molar-refractivity contribution >= 4 is 0 Å². The van der Waals surface area contributed by atoms with Gasteiger partial charge in [-0.25, -0.2) is 0 Å². The van der Waals surface area contributed by atoms with Gasteiger partial charge in [-0.3, -0.25) is 0 Å². The fourth-order valence-corrected chi connectivity index (χ4v) is 4.35. The normalized spacial score (nSPS) is 17.5. The number of allylic oxidation sites excluding steroid dienone is 8. The maximum absolute atomic E-state index is 4.94. The van der Waals surface area contributed by atoms with Crippen molar-refractivity contribution in [1.29, 1.82) is 0 Å². The van der Waals surface area contributed by atoms with Gasteiger partial charge < -0.3 is 42.0 Å². The third-order valence-electron chi connectivity index (χ3n) is 3.46. The summed E-state index contributed by atoms with van der Waals surface area (Å²) in [6.45, 7) is 6.50. The van der Waals surface area contributed by atoms with Crippen molar-refractivity contribution in [2.45, 2.75) is 39.5 Å². The van der Waals surface area contributed by atoms with E-state index in [4.69, 9.17) is 4.74 Å². The summed E-state index contributed by atoms with van der Waals surface area (Å²) < 4.78 is 8.41. The van der Waals surface area contributed by atoms with Crippen LogP contribution in [0.5, 0.6) is 0 Å². The van der Waals surface area contributed by atoms with Gasteiger partial charge in [0.05, 0.1) is 0 Å². The molecular weight excluding hydrogens is 369 g/mol. The molecule has 0 N–H and O–H groups in total. The summed E-state index contributed by atoms with van der Waals surface area (Å²) in [6.07, 6.45) is 14.2. The fraction of sp³-hybridized carbons (Fsp3) is 0.500. The maximum atomic E-state index is 4.94. The molecule has 0 bridgehead atoms. The summed E-state index contributed by atoms with van der Waals surface area (Å²) in [5, 5.41) is 0. The molecule has 22 heavy (non-hydrogen) atoms. The summed E-state index contributed by atoms with van der Waals surface area (Å²) in [7, 11) is 0. The maximum Gasteiger partial charge on any atom is 1.00 e. The zero-order chi connectivity index (χ0) is 12.8. The first kappa shape index (κ1) is 27.9. The molecule has 3 rings (SSSR count). The SMILES string of the molecule is C1CCOC1.CC1=[C]([Ti+2][C]2=C(C)C=CC2)CC=C1.[Cl-].[Cl-].[Cl-].[Li+]. The van der Waals surface area contributed by atoms with Crippen LogP contribution in [-0.2, 0) is 23.9 Å². The van der Waals surface area contributed by atoms with E-state index in [1.165, 1.54) is 36.8 Å². The van der Waals surface area contributed by atoms with Crippen molar-refractivity contribution < 1.29 is 80.0 Å². The van der Waals surface area contributed by atoms with Gasteiger partial charge in [0.2, 0.25) is 0 Å². The molecule has 0 radical (unpaired) electrons. The Morgan fingerprint density at radius 3 is 1.45 bits per heavy atom. The monoisotopic (exact) mass is 390 g/mol. The number of halogens is 3. The van der Waals surface area contributed by atoms with Gasteiger partial charge in [0.1, 0.15) is 0 Å². The molecule has 0 saturated carbocycles. The molecule has 1 nitrogen and oxygen atoms in total. The quantitative estimate of drug-likeness (QED) is 0.425. The van der Waals surface area contributed by atoms with E-state index >= 15 is 0 Å². The Labute approximate surface area is 174 Å². The molecule has 1 fully saturated rings. The molecular formula is C16H22Cl3LiOTi. The topological polar surface area (TPSA) is 9.23 Å². The summed E-state index contributed by atoms with van der Waals surface area (Å²) in [5.41, 5.74) is 3.07. The van der Waals surface area contributed by atoms with Crippen LogP contribution in [-0.4, -0.2) is 13.2 Å². The molecule has 2 aliphatic carbocycles. The summed E-state index contributed by atoms with van der Waals surface area (Å²) in [5.74, 6) is 0. The van der Waals surface area contributed by atoms with Crippen LogP contribution in [0.15, 0.2) is 43.2 Å². The minimum Gasteiger partial charge on any atom is -1.00 e. The van der Waals surface area contributed by atoms with Crippen LogP contribution in [0.4, 0.5) is 0 Å². The molecule has 1 aliphatic heterocycles. The molecule has 3 aliphatic rings. The molecule has 0 spiro atoms. The largest absolute Gasteiger partial charge is 1.00 e. The first-order chi connectivity index (χ1) is 8.77. The van der Waals surface area contributed by atoms with E-state index in [1.807, 2.05) is 0 Å². The minimum absolute atomic E-state index is 0. The fourth-order valence-electron chi connectivity index (χ4n) is 2.22. The van der Waals surface area contributed by atoms with E-state index in [-0.39, 0.29) is 75.2 Å². The van der Waals surface area contributed by atoms with Crippen LogP contribution >= 0.6 is 0 Å². The Morgan fingerprint density at radius 1 is 0.818 bits per heavy atom. The standard InChI is InChI=1S/2C6H7.C4H8O.3ClH.Li.Ti/c2*1-6-4-2-3-5-6;1-2-4-5-3-1;;;;;/h2*2,4H,3H2,1H3;1-4H2;3*1H;;/q;;;;;;+1;+2/p-3. The van der Waals surface area contributed by atoms with E-state index in [9.17, 15) is 0 Å². The Balaban J connectivity index is -0.000000351. The van der Waals surface area contributed by atoms with E-state index in [1.54, 1.807) is 7.76 Å². The van der Waals surface area contributed by atoms with Crippen molar-refractivity contribution in [2.75, 3.05) is 13.2 Å². The van der Waals surface area contributed by atoms with E-state index in [2.05, 4.69) is 38.2 Å². The van der Waals surface area contributed by atoms with E-state index in [0.29, 0.717) is 0 Å². The molecule has 1 saturated heterocycles. The minimum atomic E-state index is 0. The average Bonchev–Trinajstić information content (AvgIpc) is 3.06. The van der Waals surface area contributed by atoms with Gasteiger partial charge in [0.25, 0.3) is 0 Å². The average molecular weight is 392 g/mol. The Bertz CT molecular complexity index is 385. The van der Waals surface area contributed by atoms with Gasteiger partial charge in [-0.2, -0.15) is 0 Å². The number of rotatable bonds is 2. The van der Waals surface area contributed by atoms with Gasteiger partial charge in [0, 0.05) is 13.2 Å². The first-order valence-electron chi connectivity index (χ1n) is 6.84. The first-order valence-corrected chi connectivity index (χ1v) is 8.41. The molecule has 0 aromatic heterocycles. The predicted molar refractivity (Wildman–Crippen MR) is 73.0 cm³/mol. The summed E-state index contributed by atoms with van der Waals surface area (Å²) in [6, 6.07) is 0. The van der Waals surface area contributed by atoms with Gasteiger partial charge >= 0.3 is 108 Å². The van der Waals surface area contributed by atoms with Crippen LogP contribution < -0.4 is 56.1 Å². The van der Waals surface area contributed by atoms with Crippen LogP contribution in [0.2, 0.25) is 0 Å². The van der Waals surface area contributed by atoms with Crippen LogP contribution in [0.1, 0.15) is 39.5 Å². The number of ether oxygens (including phenoxy) is 1. The van der Waals surface area contributed by atoms with E-state index < -0.39 is 0 Å². The van der Waals surface area contributed by atoms with Crippen LogP contribution in [0.25, 0.3) is 0 Å². The van der Waals surface area contributed by atoms with Crippen LogP contribution in [0, 0.1) is 0 Å². The Hall–Kier alpha value is 1.10. The third kappa shape index (κ3) is 9.41. The molecule has 118 valence electrons. The molecule has 0 aromatic carbocycles. The smallest absolute Gasteiger partial charge is 1.00 e. The third-order valence-corrected chi connectivity index (χ3v) is 6.27. The Kier molecular flexibility index (Phi) is 19.8.